The molecule has 1 aromatic heterocycles. The van der Waals surface area contributed by atoms with Gasteiger partial charge in [-0.3, -0.25) is 4.90 Å². The van der Waals surface area contributed by atoms with Crippen LogP contribution in [0.25, 0.3) is 0 Å². The molecule has 0 radical (unpaired) electrons. The number of nitrogens with one attached hydrogen (secondary N) is 2. The van der Waals surface area contributed by atoms with Gasteiger partial charge in [0.2, 0.25) is 5.95 Å². The van der Waals surface area contributed by atoms with Gasteiger partial charge in [-0.05, 0) is 62.5 Å². The average molecular weight is 511 g/mol. The van der Waals surface area contributed by atoms with Gasteiger partial charge in [-0.15, -0.1) is 12.7 Å². The summed E-state index contributed by atoms with van der Waals surface area (Å²) in [4.78, 5) is 5.92. The number of likely N-dealkylation sites (N-methyl/N-ethyl adjacent to an activating group) is 1. The Kier molecular flexibility index (Phi) is 15.8. The Morgan fingerprint density at radius 1 is 1.30 bits per heavy atom. The maximum absolute atomic E-state index is 12.8. The molecule has 0 bridgehead atoms. The van der Waals surface area contributed by atoms with Crippen molar-refractivity contribution in [2.75, 3.05) is 20.1 Å². The second-order valence-corrected chi connectivity index (χ2v) is 8.95. The van der Waals surface area contributed by atoms with Crippen LogP contribution in [-0.2, 0) is 0 Å². The Balaban J connectivity index is 0.000000285. The van der Waals surface area contributed by atoms with Gasteiger partial charge < -0.3 is 10.6 Å². The summed E-state index contributed by atoms with van der Waals surface area (Å²) in [5.74, 6) is 0.179. The molecule has 0 aromatic carbocycles. The SMILES string of the molecule is C=C/C=C(\C=C)CNC(=C)C1CCCN1C.C=CCC1=C[C-]=CNC1=C.Fc1ncccc1C1CC1.[Na+]. The summed E-state index contributed by atoms with van der Waals surface area (Å²) in [6, 6.07) is 4.09. The van der Waals surface area contributed by atoms with Crippen molar-refractivity contribution in [1.82, 2.24) is 20.5 Å². The molecule has 3 aliphatic rings. The number of halogens is 1. The maximum atomic E-state index is 12.8. The van der Waals surface area contributed by atoms with Gasteiger partial charge in [0.1, 0.15) is 0 Å². The zero-order chi connectivity index (χ0) is 26.3. The van der Waals surface area contributed by atoms with Crippen LogP contribution in [0.1, 0.15) is 43.6 Å². The van der Waals surface area contributed by atoms with Crippen molar-refractivity contribution in [3.8, 4) is 0 Å². The van der Waals surface area contributed by atoms with E-state index in [-0.39, 0.29) is 35.5 Å². The molecule has 1 aromatic rings. The molecule has 4 rings (SSSR count). The molecule has 1 saturated carbocycles. The van der Waals surface area contributed by atoms with E-state index in [1.165, 1.54) is 25.6 Å². The first-order chi connectivity index (χ1) is 17.4. The quantitative estimate of drug-likeness (QED) is 0.175. The molecule has 1 atom stereocenters. The maximum Gasteiger partial charge on any atom is 1.00 e. The normalized spacial score (nSPS) is 18.4. The number of dihydropyridines is 1. The zero-order valence-electron chi connectivity index (χ0n) is 22.6. The van der Waals surface area contributed by atoms with Crippen molar-refractivity contribution in [1.29, 1.82) is 0 Å². The number of aromatic nitrogens is 1. The van der Waals surface area contributed by atoms with Crippen LogP contribution < -0.4 is 40.2 Å². The number of allylic oxidation sites excluding steroid dienone is 6. The summed E-state index contributed by atoms with van der Waals surface area (Å²) in [6.07, 6.45) is 21.1. The second kappa shape index (κ2) is 17.9. The topological polar surface area (TPSA) is 40.2 Å². The number of likely N-dealkylation sites (tertiary alicyclic amines) is 1. The van der Waals surface area contributed by atoms with Crippen molar-refractivity contribution in [2.24, 2.45) is 0 Å². The molecule has 1 saturated heterocycles. The van der Waals surface area contributed by atoms with E-state index < -0.39 is 0 Å². The summed E-state index contributed by atoms with van der Waals surface area (Å²) in [7, 11) is 2.15. The van der Waals surface area contributed by atoms with Crippen LogP contribution >= 0.6 is 0 Å². The van der Waals surface area contributed by atoms with Crippen LogP contribution in [0.5, 0.6) is 0 Å². The second-order valence-electron chi connectivity index (χ2n) is 8.95. The third-order valence-corrected chi connectivity index (χ3v) is 6.18. The summed E-state index contributed by atoms with van der Waals surface area (Å²) in [5, 5.41) is 6.34. The zero-order valence-corrected chi connectivity index (χ0v) is 24.6. The van der Waals surface area contributed by atoms with Gasteiger partial charge in [-0.25, -0.2) is 17.1 Å². The molecule has 1 aliphatic carbocycles. The Morgan fingerprint density at radius 3 is 2.59 bits per heavy atom. The molecule has 2 fully saturated rings. The van der Waals surface area contributed by atoms with Crippen LogP contribution in [0.4, 0.5) is 4.39 Å². The minimum atomic E-state index is -0.287. The van der Waals surface area contributed by atoms with Crippen molar-refractivity contribution in [3.05, 3.63) is 128 Å². The van der Waals surface area contributed by atoms with E-state index in [0.717, 1.165) is 53.9 Å². The Bertz CT molecular complexity index is 1020. The predicted molar refractivity (Wildman–Crippen MR) is 150 cm³/mol. The van der Waals surface area contributed by atoms with E-state index in [0.29, 0.717) is 12.0 Å². The van der Waals surface area contributed by atoms with Gasteiger partial charge in [0.05, 0.1) is 0 Å². The van der Waals surface area contributed by atoms with Gasteiger partial charge in [0.15, 0.2) is 0 Å². The number of pyridine rings is 1. The van der Waals surface area contributed by atoms with Crippen LogP contribution in [0.3, 0.4) is 0 Å². The summed E-state index contributed by atoms with van der Waals surface area (Å²) >= 11 is 0. The van der Waals surface area contributed by atoms with Gasteiger partial charge >= 0.3 is 29.6 Å². The average Bonchev–Trinajstić information content (AvgIpc) is 3.63. The van der Waals surface area contributed by atoms with Gasteiger partial charge in [-0.2, -0.15) is 9.96 Å². The molecular weight excluding hydrogens is 470 g/mol. The van der Waals surface area contributed by atoms with Crippen LogP contribution in [0.2, 0.25) is 0 Å². The number of rotatable bonds is 9. The minimum absolute atomic E-state index is 0. The van der Waals surface area contributed by atoms with Crippen LogP contribution in [-0.4, -0.2) is 36.1 Å². The molecule has 2 N–H and O–H groups in total. The van der Waals surface area contributed by atoms with Crippen LogP contribution in [0, 0.1) is 12.0 Å². The van der Waals surface area contributed by atoms with Crippen molar-refractivity contribution in [3.63, 3.8) is 0 Å². The Labute approximate surface area is 245 Å². The third-order valence-electron chi connectivity index (χ3n) is 6.18. The van der Waals surface area contributed by atoms with Crippen molar-refractivity contribution >= 4 is 0 Å². The van der Waals surface area contributed by atoms with E-state index in [4.69, 9.17) is 0 Å². The smallest absolute Gasteiger partial charge is 0.396 e. The molecule has 6 heteroatoms. The molecule has 37 heavy (non-hydrogen) atoms. The van der Waals surface area contributed by atoms with Gasteiger partial charge in [0, 0.05) is 30.0 Å². The number of hydrogen-bond acceptors (Lipinski definition) is 4. The van der Waals surface area contributed by atoms with Crippen LogP contribution in [0.15, 0.2) is 110 Å². The Hall–Kier alpha value is -2.44. The molecular formula is C31H40FN4Na. The first-order valence-electron chi connectivity index (χ1n) is 12.4. The van der Waals surface area contributed by atoms with E-state index in [1.54, 1.807) is 18.3 Å². The molecule has 192 valence electrons. The summed E-state index contributed by atoms with van der Waals surface area (Å²) in [5.41, 5.74) is 5.13. The first kappa shape index (κ1) is 32.6. The molecule has 0 spiro atoms. The first-order valence-corrected chi connectivity index (χ1v) is 12.4. The number of hydrogen-bond donors (Lipinski definition) is 2. The van der Waals surface area contributed by atoms with E-state index in [1.807, 2.05) is 30.4 Å². The molecule has 3 heterocycles. The molecule has 4 nitrogen and oxygen atoms in total. The monoisotopic (exact) mass is 510 g/mol. The van der Waals surface area contributed by atoms with E-state index in [2.05, 4.69) is 66.5 Å². The Morgan fingerprint density at radius 2 is 2.05 bits per heavy atom. The standard InChI is InChI=1S/C14H22N2.C9H10N.C8H8FN.Na/c1-5-8-13(6-2)11-15-12(3)14-9-7-10-16(14)4;1-3-5-9-6-4-7-10-8(9)2;9-8-7(6-3-4-6)2-1-5-10-8;/h5-6,8,14-15H,1-3,7,9-11H2,4H3;3,6-7,10H,1-2,5H2;1-2,5-6H,3-4H2;/q;-1;;+1/b13-8+;;;. The number of nitrogens with zero attached hydrogens (tertiary/aromatic N) is 2. The fourth-order valence-corrected chi connectivity index (χ4v) is 3.92. The van der Waals surface area contributed by atoms with Crippen molar-refractivity contribution in [2.45, 2.75) is 44.1 Å². The molecule has 1 unspecified atom stereocenters. The molecule has 0 amide bonds. The van der Waals surface area contributed by atoms with Gasteiger partial charge in [-0.1, -0.05) is 63.2 Å². The van der Waals surface area contributed by atoms with E-state index >= 15 is 0 Å². The van der Waals surface area contributed by atoms with Crippen molar-refractivity contribution < 1.29 is 33.9 Å². The van der Waals surface area contributed by atoms with Gasteiger partial charge in [0.25, 0.3) is 0 Å². The molecule has 2 aliphatic heterocycles. The third kappa shape index (κ3) is 11.7. The fourth-order valence-electron chi connectivity index (χ4n) is 3.92. The summed E-state index contributed by atoms with van der Waals surface area (Å²) in [6.45, 7) is 21.0. The largest absolute Gasteiger partial charge is 1.00 e. The summed E-state index contributed by atoms with van der Waals surface area (Å²) < 4.78 is 12.8. The predicted octanol–water partition coefficient (Wildman–Crippen LogP) is 3.51. The minimum Gasteiger partial charge on any atom is -0.396 e. The van der Waals surface area contributed by atoms with E-state index in [9.17, 15) is 4.39 Å². The fraction of sp³-hybridized carbons (Fsp3) is 0.323.